The zero-order valence-electron chi connectivity index (χ0n) is 9.11. The number of carboxylic acids is 1. The van der Waals surface area contributed by atoms with E-state index in [0.29, 0.717) is 17.9 Å². The van der Waals surface area contributed by atoms with E-state index in [2.05, 4.69) is 5.32 Å². The number of ether oxygens (including phenoxy) is 1. The third kappa shape index (κ3) is 2.50. The van der Waals surface area contributed by atoms with Crippen molar-refractivity contribution in [2.24, 2.45) is 0 Å². The van der Waals surface area contributed by atoms with Gasteiger partial charge in [0.1, 0.15) is 5.75 Å². The van der Waals surface area contributed by atoms with Crippen LogP contribution in [0.25, 0.3) is 0 Å². The molecule has 0 spiro atoms. The molecule has 0 atom stereocenters. The van der Waals surface area contributed by atoms with Gasteiger partial charge in [0.05, 0.1) is 7.11 Å². The molecule has 0 radical (unpaired) electrons. The molecule has 1 aromatic rings. The van der Waals surface area contributed by atoms with Crippen LogP contribution in [0.3, 0.4) is 0 Å². The van der Waals surface area contributed by atoms with E-state index in [1.165, 1.54) is 7.11 Å². The van der Waals surface area contributed by atoms with Gasteiger partial charge in [-0.3, -0.25) is 4.79 Å². The molecule has 1 rings (SSSR count). The highest BCUT2D eigenvalue weighted by Gasteiger charge is 2.14. The second-order valence-corrected chi connectivity index (χ2v) is 3.10. The van der Waals surface area contributed by atoms with Gasteiger partial charge >= 0.3 is 11.9 Å². The van der Waals surface area contributed by atoms with Crippen molar-refractivity contribution in [2.75, 3.05) is 12.4 Å². The Kier molecular flexibility index (Phi) is 3.88. The largest absolute Gasteiger partial charge is 0.496 e. The molecular weight excluding hydrogens is 210 g/mol. The molecule has 0 aromatic heterocycles. The summed E-state index contributed by atoms with van der Waals surface area (Å²) in [7, 11) is 1.53. The first kappa shape index (κ1) is 12.0. The van der Waals surface area contributed by atoms with Crippen LogP contribution in [0, 0.1) is 0 Å². The van der Waals surface area contributed by atoms with Crippen molar-refractivity contribution in [1.82, 2.24) is 0 Å². The van der Waals surface area contributed by atoms with E-state index < -0.39 is 11.9 Å². The summed E-state index contributed by atoms with van der Waals surface area (Å²) in [5, 5.41) is 10.8. The highest BCUT2D eigenvalue weighted by atomic mass is 16.5. The third-order valence-corrected chi connectivity index (χ3v) is 2.15. The number of carbonyl (C=O) groups is 2. The molecule has 0 aliphatic carbocycles. The average Bonchev–Trinajstić information content (AvgIpc) is 2.28. The molecule has 5 heteroatoms. The normalized spacial score (nSPS) is 9.62. The zero-order valence-corrected chi connectivity index (χ0v) is 9.11. The quantitative estimate of drug-likeness (QED) is 0.757. The Balaban J connectivity index is 3.04. The summed E-state index contributed by atoms with van der Waals surface area (Å²) in [6, 6.07) is 5.09. The van der Waals surface area contributed by atoms with E-state index >= 15 is 0 Å². The van der Waals surface area contributed by atoms with Crippen molar-refractivity contribution in [2.45, 2.75) is 13.3 Å². The van der Waals surface area contributed by atoms with Crippen molar-refractivity contribution in [1.29, 1.82) is 0 Å². The van der Waals surface area contributed by atoms with Gasteiger partial charge in [-0.1, -0.05) is 13.0 Å². The molecule has 0 heterocycles. The number of benzene rings is 1. The van der Waals surface area contributed by atoms with Crippen LogP contribution in [0.4, 0.5) is 5.69 Å². The molecule has 0 saturated carbocycles. The molecule has 0 fully saturated rings. The molecule has 16 heavy (non-hydrogen) atoms. The fourth-order valence-corrected chi connectivity index (χ4v) is 1.41. The van der Waals surface area contributed by atoms with Crippen LogP contribution >= 0.6 is 0 Å². The number of carbonyl (C=O) groups excluding carboxylic acids is 1. The van der Waals surface area contributed by atoms with Gasteiger partial charge in [-0.25, -0.2) is 4.79 Å². The molecule has 0 unspecified atom stereocenters. The lowest BCUT2D eigenvalue weighted by atomic mass is 10.1. The second-order valence-electron chi connectivity index (χ2n) is 3.10. The van der Waals surface area contributed by atoms with Gasteiger partial charge in [-0.15, -0.1) is 0 Å². The molecule has 0 bridgehead atoms. The smallest absolute Gasteiger partial charge is 0.394 e. The van der Waals surface area contributed by atoms with Crippen molar-refractivity contribution in [3.8, 4) is 5.75 Å². The van der Waals surface area contributed by atoms with Crippen molar-refractivity contribution >= 4 is 17.6 Å². The van der Waals surface area contributed by atoms with Gasteiger partial charge < -0.3 is 15.2 Å². The number of carboxylic acid groups (broad SMARTS) is 1. The summed E-state index contributed by atoms with van der Waals surface area (Å²) in [6.07, 6.45) is 0.638. The van der Waals surface area contributed by atoms with Gasteiger partial charge in [0.15, 0.2) is 0 Å². The first-order valence-corrected chi connectivity index (χ1v) is 4.80. The predicted molar refractivity (Wildman–Crippen MR) is 58.6 cm³/mol. The standard InChI is InChI=1S/C11H13NO4/c1-3-7-8(12-10(13)11(14)15)5-4-6-9(7)16-2/h4-6H,3H2,1-2H3,(H,12,13)(H,14,15). The maximum atomic E-state index is 11.0. The van der Waals surface area contributed by atoms with Crippen LogP contribution in [-0.2, 0) is 16.0 Å². The summed E-state index contributed by atoms with van der Waals surface area (Å²) in [5.41, 5.74) is 1.24. The molecule has 2 N–H and O–H groups in total. The Bertz CT molecular complexity index is 414. The molecule has 5 nitrogen and oxygen atoms in total. The van der Waals surface area contributed by atoms with E-state index in [4.69, 9.17) is 9.84 Å². The number of aliphatic carboxylic acids is 1. The number of hydrogen-bond donors (Lipinski definition) is 2. The Hall–Kier alpha value is -2.04. The van der Waals surface area contributed by atoms with Crippen LogP contribution in [-0.4, -0.2) is 24.1 Å². The number of rotatable bonds is 3. The minimum Gasteiger partial charge on any atom is -0.496 e. The minimum atomic E-state index is -1.51. The molecule has 0 saturated heterocycles. The molecule has 1 aromatic carbocycles. The highest BCUT2D eigenvalue weighted by Crippen LogP contribution is 2.26. The van der Waals surface area contributed by atoms with Gasteiger partial charge in [-0.05, 0) is 18.6 Å². The lowest BCUT2D eigenvalue weighted by Gasteiger charge is -2.12. The number of methoxy groups -OCH3 is 1. The van der Waals surface area contributed by atoms with Crippen molar-refractivity contribution in [3.63, 3.8) is 0 Å². The number of hydrogen-bond acceptors (Lipinski definition) is 3. The molecule has 0 aliphatic rings. The van der Waals surface area contributed by atoms with E-state index in [1.807, 2.05) is 6.92 Å². The molecule has 0 aliphatic heterocycles. The van der Waals surface area contributed by atoms with Crippen LogP contribution < -0.4 is 10.1 Å². The van der Waals surface area contributed by atoms with E-state index in [-0.39, 0.29) is 0 Å². The van der Waals surface area contributed by atoms with Crippen molar-refractivity contribution in [3.05, 3.63) is 23.8 Å². The van der Waals surface area contributed by atoms with Crippen LogP contribution in [0.5, 0.6) is 5.75 Å². The first-order valence-electron chi connectivity index (χ1n) is 4.80. The summed E-state index contributed by atoms with van der Waals surface area (Å²) in [6.45, 7) is 1.90. The van der Waals surface area contributed by atoms with Crippen LogP contribution in [0.15, 0.2) is 18.2 Å². The molecule has 1 amide bonds. The van der Waals surface area contributed by atoms with Gasteiger partial charge in [0, 0.05) is 11.3 Å². The second kappa shape index (κ2) is 5.16. The third-order valence-electron chi connectivity index (χ3n) is 2.15. The monoisotopic (exact) mass is 223 g/mol. The molecule has 86 valence electrons. The van der Waals surface area contributed by atoms with E-state index in [9.17, 15) is 9.59 Å². The van der Waals surface area contributed by atoms with Gasteiger partial charge in [0.25, 0.3) is 0 Å². The average molecular weight is 223 g/mol. The fourth-order valence-electron chi connectivity index (χ4n) is 1.41. The number of nitrogens with one attached hydrogen (secondary N) is 1. The Morgan fingerprint density at radius 1 is 1.44 bits per heavy atom. The van der Waals surface area contributed by atoms with Crippen LogP contribution in [0.2, 0.25) is 0 Å². The summed E-state index contributed by atoms with van der Waals surface area (Å²) >= 11 is 0. The van der Waals surface area contributed by atoms with E-state index in [1.54, 1.807) is 18.2 Å². The summed E-state index contributed by atoms with van der Waals surface area (Å²) in [5.74, 6) is -1.93. The lowest BCUT2D eigenvalue weighted by Crippen LogP contribution is -2.22. The number of amides is 1. The van der Waals surface area contributed by atoms with Gasteiger partial charge in [0.2, 0.25) is 0 Å². The maximum absolute atomic E-state index is 11.0. The summed E-state index contributed by atoms with van der Waals surface area (Å²) in [4.78, 5) is 21.4. The van der Waals surface area contributed by atoms with Gasteiger partial charge in [-0.2, -0.15) is 0 Å². The van der Waals surface area contributed by atoms with Crippen molar-refractivity contribution < 1.29 is 19.4 Å². The fraction of sp³-hybridized carbons (Fsp3) is 0.273. The maximum Gasteiger partial charge on any atom is 0.394 e. The zero-order chi connectivity index (χ0) is 12.1. The summed E-state index contributed by atoms with van der Waals surface area (Å²) < 4.78 is 5.12. The Morgan fingerprint density at radius 3 is 2.62 bits per heavy atom. The first-order chi connectivity index (χ1) is 7.60. The topological polar surface area (TPSA) is 75.6 Å². The van der Waals surface area contributed by atoms with E-state index in [0.717, 1.165) is 5.56 Å². The molecular formula is C11H13NO4. The lowest BCUT2D eigenvalue weighted by molar-refractivity contribution is -0.147. The SMILES string of the molecule is CCc1c(NC(=O)C(=O)O)cccc1OC. The highest BCUT2D eigenvalue weighted by molar-refractivity contribution is 6.36. The van der Waals surface area contributed by atoms with Crippen LogP contribution in [0.1, 0.15) is 12.5 Å². The number of anilines is 1. The minimum absolute atomic E-state index is 0.467. The Morgan fingerprint density at radius 2 is 2.12 bits per heavy atom. The Labute approximate surface area is 93.0 Å². The predicted octanol–water partition coefficient (Wildman–Crippen LogP) is 1.28.